The summed E-state index contributed by atoms with van der Waals surface area (Å²) in [7, 11) is -3.32. The van der Waals surface area contributed by atoms with Gasteiger partial charge in [-0.25, -0.2) is 13.2 Å². The second-order valence-electron chi connectivity index (χ2n) is 4.83. The van der Waals surface area contributed by atoms with Gasteiger partial charge in [0.25, 0.3) is 0 Å². The summed E-state index contributed by atoms with van der Waals surface area (Å²) in [6, 6.07) is 0. The summed E-state index contributed by atoms with van der Waals surface area (Å²) in [5.74, 6) is 0.182. The van der Waals surface area contributed by atoms with Gasteiger partial charge in [0, 0.05) is 6.54 Å². The lowest BCUT2D eigenvalue weighted by molar-refractivity contribution is 0.328. The molecule has 0 aromatic heterocycles. The Hall–Kier alpha value is -0.710. The SMILES string of the molecule is CC(C)CS(=O)(=O)N1CCCCCC1N=C=O. The Labute approximate surface area is 103 Å². The zero-order valence-corrected chi connectivity index (χ0v) is 11.2. The van der Waals surface area contributed by atoms with E-state index in [-0.39, 0.29) is 11.7 Å². The van der Waals surface area contributed by atoms with Crippen molar-refractivity contribution in [3.05, 3.63) is 0 Å². The number of sulfonamides is 1. The lowest BCUT2D eigenvalue weighted by Gasteiger charge is -2.25. The smallest absolute Gasteiger partial charge is 0.212 e. The molecule has 1 aliphatic heterocycles. The molecule has 1 fully saturated rings. The van der Waals surface area contributed by atoms with Gasteiger partial charge in [-0.3, -0.25) is 0 Å². The molecule has 5 nitrogen and oxygen atoms in total. The topological polar surface area (TPSA) is 66.8 Å². The summed E-state index contributed by atoms with van der Waals surface area (Å²) < 4.78 is 25.7. The maximum absolute atomic E-state index is 12.2. The first-order valence-electron chi connectivity index (χ1n) is 6.04. The van der Waals surface area contributed by atoms with E-state index in [9.17, 15) is 13.2 Å². The molecule has 0 aliphatic carbocycles. The van der Waals surface area contributed by atoms with Gasteiger partial charge in [-0.05, 0) is 25.2 Å². The predicted octanol–water partition coefficient (Wildman–Crippen LogP) is 1.51. The van der Waals surface area contributed by atoms with Crippen LogP contribution in [0.3, 0.4) is 0 Å². The minimum absolute atomic E-state index is 0.0733. The van der Waals surface area contributed by atoms with Crippen LogP contribution in [0.1, 0.15) is 39.5 Å². The number of hydrogen-bond donors (Lipinski definition) is 0. The molecule has 0 saturated carbocycles. The highest BCUT2D eigenvalue weighted by Crippen LogP contribution is 2.21. The van der Waals surface area contributed by atoms with Gasteiger partial charge < -0.3 is 0 Å². The standard InChI is InChI=1S/C11H20N2O3S/c1-10(2)8-17(15,16)13-7-5-3-4-6-11(13)12-9-14/h10-11H,3-8H2,1-2H3. The van der Waals surface area contributed by atoms with Crippen LogP contribution in [-0.4, -0.2) is 37.3 Å². The Morgan fingerprint density at radius 1 is 1.35 bits per heavy atom. The molecule has 0 aromatic carbocycles. The summed E-state index contributed by atoms with van der Waals surface area (Å²) >= 11 is 0. The lowest BCUT2D eigenvalue weighted by Crippen LogP contribution is -2.41. The van der Waals surface area contributed by atoms with Crippen molar-refractivity contribution in [3.63, 3.8) is 0 Å². The van der Waals surface area contributed by atoms with Crippen LogP contribution >= 0.6 is 0 Å². The van der Waals surface area contributed by atoms with Crippen LogP contribution in [0.4, 0.5) is 0 Å². The maximum Gasteiger partial charge on any atom is 0.236 e. The Morgan fingerprint density at radius 3 is 2.65 bits per heavy atom. The third kappa shape index (κ3) is 4.22. The third-order valence-corrected chi connectivity index (χ3v) is 5.00. The molecule has 0 aromatic rings. The van der Waals surface area contributed by atoms with E-state index in [1.165, 1.54) is 10.4 Å². The summed E-state index contributed by atoms with van der Waals surface area (Å²) in [6.45, 7) is 4.20. The zero-order valence-electron chi connectivity index (χ0n) is 10.4. The van der Waals surface area contributed by atoms with Crippen LogP contribution in [0.25, 0.3) is 0 Å². The van der Waals surface area contributed by atoms with Crippen molar-refractivity contribution in [2.75, 3.05) is 12.3 Å². The maximum atomic E-state index is 12.2. The average Bonchev–Trinajstić information content (AvgIpc) is 2.42. The average molecular weight is 260 g/mol. The fraction of sp³-hybridized carbons (Fsp3) is 0.909. The van der Waals surface area contributed by atoms with Gasteiger partial charge in [0.15, 0.2) is 0 Å². The molecule has 1 heterocycles. The normalized spacial score (nSPS) is 23.1. The first kappa shape index (κ1) is 14.4. The Kier molecular flexibility index (Phi) is 5.31. The number of isocyanates is 1. The first-order chi connectivity index (χ1) is 7.97. The molecule has 0 bridgehead atoms. The summed E-state index contributed by atoms with van der Waals surface area (Å²) in [5.41, 5.74) is 0. The van der Waals surface area contributed by atoms with E-state index < -0.39 is 16.2 Å². The van der Waals surface area contributed by atoms with E-state index in [2.05, 4.69) is 4.99 Å². The van der Waals surface area contributed by atoms with Crippen molar-refractivity contribution in [2.24, 2.45) is 10.9 Å². The van der Waals surface area contributed by atoms with Crippen LogP contribution in [0, 0.1) is 5.92 Å². The van der Waals surface area contributed by atoms with Gasteiger partial charge in [0.05, 0.1) is 5.75 Å². The predicted molar refractivity (Wildman–Crippen MR) is 65.7 cm³/mol. The molecule has 0 radical (unpaired) electrons. The first-order valence-corrected chi connectivity index (χ1v) is 7.65. The zero-order chi connectivity index (χ0) is 12.9. The molecule has 6 heteroatoms. The van der Waals surface area contributed by atoms with Crippen LogP contribution in [0.15, 0.2) is 4.99 Å². The minimum Gasteiger partial charge on any atom is -0.212 e. The van der Waals surface area contributed by atoms with E-state index in [1.54, 1.807) is 0 Å². The fourth-order valence-electron chi connectivity index (χ4n) is 2.10. The van der Waals surface area contributed by atoms with Crippen LogP contribution in [-0.2, 0) is 14.8 Å². The number of aliphatic imine (C=N–C) groups is 1. The summed E-state index contributed by atoms with van der Waals surface area (Å²) in [6.07, 6.45) is 4.29. The summed E-state index contributed by atoms with van der Waals surface area (Å²) in [4.78, 5) is 14.0. The number of rotatable bonds is 4. The van der Waals surface area contributed by atoms with Gasteiger partial charge in [0.1, 0.15) is 6.17 Å². The van der Waals surface area contributed by atoms with Crippen LogP contribution < -0.4 is 0 Å². The number of carbonyl (C=O) groups excluding carboxylic acids is 1. The monoisotopic (exact) mass is 260 g/mol. The molecule has 1 unspecified atom stereocenters. The second kappa shape index (κ2) is 6.28. The van der Waals surface area contributed by atoms with E-state index >= 15 is 0 Å². The molecule has 1 saturated heterocycles. The minimum atomic E-state index is -3.32. The largest absolute Gasteiger partial charge is 0.236 e. The van der Waals surface area contributed by atoms with Gasteiger partial charge in [-0.15, -0.1) is 0 Å². The van der Waals surface area contributed by atoms with Gasteiger partial charge in [-0.2, -0.15) is 9.30 Å². The molecule has 17 heavy (non-hydrogen) atoms. The highest BCUT2D eigenvalue weighted by Gasteiger charge is 2.31. The van der Waals surface area contributed by atoms with Crippen molar-refractivity contribution in [3.8, 4) is 0 Å². The molecule has 98 valence electrons. The van der Waals surface area contributed by atoms with Crippen molar-refractivity contribution >= 4 is 16.1 Å². The van der Waals surface area contributed by atoms with E-state index in [1.807, 2.05) is 13.8 Å². The quantitative estimate of drug-likeness (QED) is 0.568. The molecule has 0 spiro atoms. The van der Waals surface area contributed by atoms with E-state index in [0.717, 1.165) is 19.3 Å². The van der Waals surface area contributed by atoms with Crippen molar-refractivity contribution < 1.29 is 13.2 Å². The molecule has 1 aliphatic rings. The number of hydrogen-bond acceptors (Lipinski definition) is 4. The van der Waals surface area contributed by atoms with Crippen LogP contribution in [0.5, 0.6) is 0 Å². The van der Waals surface area contributed by atoms with Crippen molar-refractivity contribution in [1.82, 2.24) is 4.31 Å². The van der Waals surface area contributed by atoms with Crippen LogP contribution in [0.2, 0.25) is 0 Å². The lowest BCUT2D eigenvalue weighted by atomic mass is 10.2. The molecule has 0 amide bonds. The Bertz CT molecular complexity index is 386. The van der Waals surface area contributed by atoms with E-state index in [4.69, 9.17) is 0 Å². The molecule has 0 N–H and O–H groups in total. The molecule has 1 rings (SSSR count). The van der Waals surface area contributed by atoms with Crippen molar-refractivity contribution in [2.45, 2.75) is 45.7 Å². The van der Waals surface area contributed by atoms with Gasteiger partial charge >= 0.3 is 0 Å². The highest BCUT2D eigenvalue weighted by atomic mass is 32.2. The molecular weight excluding hydrogens is 240 g/mol. The van der Waals surface area contributed by atoms with Crippen molar-refractivity contribution in [1.29, 1.82) is 0 Å². The Morgan fingerprint density at radius 2 is 2.06 bits per heavy atom. The fourth-order valence-corrected chi connectivity index (χ4v) is 4.06. The van der Waals surface area contributed by atoms with E-state index in [0.29, 0.717) is 13.0 Å². The molecule has 1 atom stereocenters. The third-order valence-electron chi connectivity index (χ3n) is 2.78. The van der Waals surface area contributed by atoms with Gasteiger partial charge in [0.2, 0.25) is 16.1 Å². The Balaban J connectivity index is 2.92. The highest BCUT2D eigenvalue weighted by molar-refractivity contribution is 7.89. The summed E-state index contributed by atoms with van der Waals surface area (Å²) in [5, 5.41) is 0. The molecular formula is C11H20N2O3S. The van der Waals surface area contributed by atoms with Gasteiger partial charge in [-0.1, -0.05) is 20.3 Å². The number of nitrogens with zero attached hydrogens (tertiary/aromatic N) is 2. The second-order valence-corrected chi connectivity index (χ2v) is 6.80.